The van der Waals surface area contributed by atoms with Gasteiger partial charge in [0, 0.05) is 28.5 Å². The van der Waals surface area contributed by atoms with Crippen LogP contribution in [-0.2, 0) is 4.79 Å². The summed E-state index contributed by atoms with van der Waals surface area (Å²) in [6.07, 6.45) is 13.8. The number of unbranched alkanes of at least 4 members (excludes halogenated alkanes) is 2. The van der Waals surface area contributed by atoms with Crippen LogP contribution in [0.1, 0.15) is 54.8 Å². The summed E-state index contributed by atoms with van der Waals surface area (Å²) in [6.45, 7) is 13.6. The van der Waals surface area contributed by atoms with E-state index in [1.165, 1.54) is 48.2 Å². The average molecular weight is 485 g/mol. The molecule has 0 saturated carbocycles. The maximum absolute atomic E-state index is 10.9. The van der Waals surface area contributed by atoms with Crippen molar-refractivity contribution < 1.29 is 9.90 Å². The third kappa shape index (κ3) is 7.70. The summed E-state index contributed by atoms with van der Waals surface area (Å²) in [5, 5.41) is 11.4. The molecule has 1 heterocycles. The molecule has 0 unspecified atom stereocenters. The van der Waals surface area contributed by atoms with Gasteiger partial charge < -0.3 is 10.0 Å². The molecule has 4 nitrogen and oxygen atoms in total. The molecule has 35 heavy (non-hydrogen) atoms. The van der Waals surface area contributed by atoms with Gasteiger partial charge in [-0.2, -0.15) is 0 Å². The summed E-state index contributed by atoms with van der Waals surface area (Å²) in [4.78, 5) is 18.5. The minimum Gasteiger partial charge on any atom is -0.486 e. The van der Waals surface area contributed by atoms with Crippen LogP contribution in [0.5, 0.6) is 0 Å². The molecule has 0 spiro atoms. The van der Waals surface area contributed by atoms with Crippen LogP contribution < -0.4 is 4.90 Å². The summed E-state index contributed by atoms with van der Waals surface area (Å²) < 4.78 is 0. The van der Waals surface area contributed by atoms with E-state index in [1.54, 1.807) is 17.4 Å². The predicted molar refractivity (Wildman–Crippen MR) is 151 cm³/mol. The number of hydrogen-bond donors (Lipinski definition) is 1. The summed E-state index contributed by atoms with van der Waals surface area (Å²) in [5.41, 5.74) is 2.16. The summed E-state index contributed by atoms with van der Waals surface area (Å²) in [7, 11) is 0. The van der Waals surface area contributed by atoms with Gasteiger partial charge in [0.15, 0.2) is 0 Å². The Morgan fingerprint density at radius 3 is 2.26 bits per heavy atom. The minimum atomic E-state index is -1.21. The second-order valence-corrected chi connectivity index (χ2v) is 9.53. The highest BCUT2D eigenvalue weighted by Crippen LogP contribution is 2.26. The fourth-order valence-electron chi connectivity index (χ4n) is 3.74. The Hall–Kier alpha value is -3.62. The quantitative estimate of drug-likeness (QED) is 0.159. The van der Waals surface area contributed by atoms with Crippen molar-refractivity contribution in [3.8, 4) is 0 Å². The predicted octanol–water partition coefficient (Wildman–Crippen LogP) is 8.38. The monoisotopic (exact) mass is 484 g/mol. The topological polar surface area (TPSA) is 44.9 Å². The molecule has 0 atom stereocenters. The van der Waals surface area contributed by atoms with E-state index in [4.69, 9.17) is 11.7 Å². The number of fused-ring (bicyclic) bond motifs is 1. The first-order valence-corrected chi connectivity index (χ1v) is 12.9. The van der Waals surface area contributed by atoms with Crippen molar-refractivity contribution in [1.29, 1.82) is 0 Å². The summed E-state index contributed by atoms with van der Waals surface area (Å²) >= 11 is 1.61. The molecule has 0 aliphatic heterocycles. The van der Waals surface area contributed by atoms with Crippen LogP contribution in [-0.4, -0.2) is 24.2 Å². The third-order valence-electron chi connectivity index (χ3n) is 5.72. The highest BCUT2D eigenvalue weighted by molar-refractivity contribution is 7.13. The smallest absolute Gasteiger partial charge is 0.333 e. The van der Waals surface area contributed by atoms with Gasteiger partial charge in [0.2, 0.25) is 0 Å². The number of rotatable bonds is 12. The maximum atomic E-state index is 10.9. The molecule has 1 N–H and O–H groups in total. The Balaban J connectivity index is 1.71. The van der Waals surface area contributed by atoms with Crippen molar-refractivity contribution in [2.75, 3.05) is 18.0 Å². The average Bonchev–Trinajstić information content (AvgIpc) is 3.32. The second kappa shape index (κ2) is 13.3. The van der Waals surface area contributed by atoms with Gasteiger partial charge in [-0.05, 0) is 77.7 Å². The lowest BCUT2D eigenvalue weighted by Gasteiger charge is -2.25. The molecule has 0 fully saturated rings. The number of thiophene rings is 1. The molecule has 3 rings (SSSR count). The lowest BCUT2D eigenvalue weighted by molar-refractivity contribution is -0.132. The standard InChI is InChI=1S/C30H32N2O2S/c1-4-6-19-32(20-7-5-2)26-15-14-24-21-23(11-13-25(24)22-26)12-16-28-18-17-27(35-28)9-8-10-29(31-3)30(33)34/h8-18,21-22H,4-7,19-20H2,1-2H3,(H,33,34). The van der Waals surface area contributed by atoms with Gasteiger partial charge in [-0.1, -0.05) is 57.0 Å². The molecule has 3 aromatic rings. The third-order valence-corrected chi connectivity index (χ3v) is 6.73. The number of aliphatic carboxylic acids is 1. The molecular formula is C30H32N2O2S. The number of hydrogen-bond acceptors (Lipinski definition) is 3. The van der Waals surface area contributed by atoms with Crippen molar-refractivity contribution in [3.05, 3.63) is 93.1 Å². The number of benzene rings is 2. The minimum absolute atomic E-state index is 0.295. The van der Waals surface area contributed by atoms with Gasteiger partial charge in [0.05, 0.1) is 6.57 Å². The summed E-state index contributed by atoms with van der Waals surface area (Å²) in [5.74, 6) is -1.21. The number of carbonyl (C=O) groups is 1. The zero-order valence-corrected chi connectivity index (χ0v) is 21.2. The lowest BCUT2D eigenvalue weighted by atomic mass is 10.0. The van der Waals surface area contributed by atoms with Gasteiger partial charge in [-0.3, -0.25) is 4.79 Å². The van der Waals surface area contributed by atoms with Gasteiger partial charge in [-0.15, -0.1) is 11.3 Å². The highest BCUT2D eigenvalue weighted by Gasteiger charge is 2.07. The highest BCUT2D eigenvalue weighted by atomic mass is 32.1. The van der Waals surface area contributed by atoms with E-state index in [1.807, 2.05) is 18.2 Å². The first-order chi connectivity index (χ1) is 17.0. The second-order valence-electron chi connectivity index (χ2n) is 8.39. The van der Waals surface area contributed by atoms with E-state index < -0.39 is 5.97 Å². The molecule has 0 aliphatic carbocycles. The molecule has 1 aromatic heterocycles. The van der Waals surface area contributed by atoms with Crippen LogP contribution in [0.3, 0.4) is 0 Å². The van der Waals surface area contributed by atoms with Crippen molar-refractivity contribution in [1.82, 2.24) is 0 Å². The first kappa shape index (κ1) is 26.0. The Labute approximate surface area is 212 Å². The molecule has 0 aliphatic rings. The van der Waals surface area contributed by atoms with E-state index in [2.05, 4.69) is 72.1 Å². The molecule has 5 heteroatoms. The number of nitrogens with zero attached hydrogens (tertiary/aromatic N) is 2. The van der Waals surface area contributed by atoms with Crippen LogP contribution in [0.25, 0.3) is 33.8 Å². The first-order valence-electron chi connectivity index (χ1n) is 12.1. The maximum Gasteiger partial charge on any atom is 0.333 e. The van der Waals surface area contributed by atoms with E-state index in [0.29, 0.717) is 0 Å². The zero-order valence-electron chi connectivity index (χ0n) is 20.4. The molecule has 0 amide bonds. The van der Waals surface area contributed by atoms with Crippen LogP contribution >= 0.6 is 11.3 Å². The molecule has 0 radical (unpaired) electrons. The SMILES string of the molecule is [C-]#[N+]C(=CC=Cc1ccc(C=Cc2ccc3cc(N(CCCC)CCCC)ccc3c2)s1)C(=O)O. The van der Waals surface area contributed by atoms with Gasteiger partial charge in [-0.25, -0.2) is 4.85 Å². The fraction of sp³-hybridized carbons (Fsp3) is 0.267. The molecule has 180 valence electrons. The number of carboxylic acid groups (broad SMARTS) is 1. The van der Waals surface area contributed by atoms with E-state index in [9.17, 15) is 4.79 Å². The van der Waals surface area contributed by atoms with Gasteiger partial charge in [0.25, 0.3) is 5.70 Å². The normalized spacial score (nSPS) is 12.0. The van der Waals surface area contributed by atoms with Crippen LogP contribution in [0, 0.1) is 6.57 Å². The van der Waals surface area contributed by atoms with Crippen molar-refractivity contribution in [3.63, 3.8) is 0 Å². The lowest BCUT2D eigenvalue weighted by Crippen LogP contribution is -2.25. The van der Waals surface area contributed by atoms with E-state index in [-0.39, 0.29) is 5.70 Å². The number of anilines is 1. The number of carboxylic acids is 1. The van der Waals surface area contributed by atoms with Crippen LogP contribution in [0.2, 0.25) is 0 Å². The summed E-state index contributed by atoms with van der Waals surface area (Å²) in [6, 6.07) is 17.4. The molecular weight excluding hydrogens is 452 g/mol. The molecule has 2 aromatic carbocycles. The molecule has 0 bridgehead atoms. The largest absolute Gasteiger partial charge is 0.486 e. The van der Waals surface area contributed by atoms with Gasteiger partial charge >= 0.3 is 5.97 Å². The number of allylic oxidation sites excluding steroid dienone is 2. The fourth-order valence-corrected chi connectivity index (χ4v) is 4.56. The van der Waals surface area contributed by atoms with Crippen molar-refractivity contribution >= 4 is 52.0 Å². The van der Waals surface area contributed by atoms with Crippen molar-refractivity contribution in [2.24, 2.45) is 0 Å². The Kier molecular flexibility index (Phi) is 9.89. The Morgan fingerprint density at radius 2 is 1.60 bits per heavy atom. The van der Waals surface area contributed by atoms with E-state index in [0.717, 1.165) is 28.4 Å². The van der Waals surface area contributed by atoms with Gasteiger partial charge in [0.1, 0.15) is 0 Å². The van der Waals surface area contributed by atoms with Crippen LogP contribution in [0.4, 0.5) is 5.69 Å². The van der Waals surface area contributed by atoms with Crippen LogP contribution in [0.15, 0.2) is 66.4 Å². The Bertz CT molecular complexity index is 1270. The van der Waals surface area contributed by atoms with E-state index >= 15 is 0 Å². The zero-order chi connectivity index (χ0) is 25.0. The molecule has 0 saturated heterocycles. The van der Waals surface area contributed by atoms with Crippen molar-refractivity contribution in [2.45, 2.75) is 39.5 Å². The Morgan fingerprint density at radius 1 is 0.943 bits per heavy atom.